The third-order valence-corrected chi connectivity index (χ3v) is 10.6. The quantitative estimate of drug-likeness (QED) is 0.186. The van der Waals surface area contributed by atoms with Gasteiger partial charge in [0.05, 0.1) is 13.7 Å². The molecule has 1 saturated carbocycles. The van der Waals surface area contributed by atoms with Crippen LogP contribution < -0.4 is 4.74 Å². The molecule has 3 aromatic carbocycles. The van der Waals surface area contributed by atoms with Crippen LogP contribution in [-0.4, -0.2) is 68.3 Å². The highest BCUT2D eigenvalue weighted by molar-refractivity contribution is 5.76. The molecule has 46 heavy (non-hydrogen) atoms. The zero-order valence-corrected chi connectivity index (χ0v) is 27.6. The van der Waals surface area contributed by atoms with Crippen LogP contribution in [0.2, 0.25) is 0 Å². The van der Waals surface area contributed by atoms with Crippen LogP contribution in [0.25, 0.3) is 0 Å². The predicted octanol–water partition coefficient (Wildman–Crippen LogP) is 7.33. The average Bonchev–Trinajstić information content (AvgIpc) is 3.52. The van der Waals surface area contributed by atoms with Gasteiger partial charge in [-0.05, 0) is 85.3 Å². The Hall–Kier alpha value is -3.19. The zero-order chi connectivity index (χ0) is 31.6. The van der Waals surface area contributed by atoms with Gasteiger partial charge in [0, 0.05) is 32.2 Å². The molecule has 0 radical (unpaired) electrons. The van der Waals surface area contributed by atoms with Crippen LogP contribution in [0.3, 0.4) is 0 Å². The second kappa shape index (κ2) is 16.6. The van der Waals surface area contributed by atoms with Gasteiger partial charge < -0.3 is 19.1 Å². The molecular formula is C40H52N2O4. The van der Waals surface area contributed by atoms with Crippen molar-refractivity contribution in [2.24, 2.45) is 17.8 Å². The second-order valence-corrected chi connectivity index (χ2v) is 13.8. The molecule has 6 rings (SSSR count). The fourth-order valence-electron chi connectivity index (χ4n) is 8.03. The number of rotatable bonds is 13. The normalized spacial score (nSPS) is 22.5. The molecule has 0 bridgehead atoms. The molecule has 2 heterocycles. The van der Waals surface area contributed by atoms with Crippen LogP contribution >= 0.6 is 0 Å². The predicted molar refractivity (Wildman–Crippen MR) is 183 cm³/mol. The number of methoxy groups -OCH3 is 1. The van der Waals surface area contributed by atoms with Gasteiger partial charge in [0.15, 0.2) is 0 Å². The highest BCUT2D eigenvalue weighted by Crippen LogP contribution is 2.39. The number of carbonyl (C=O) groups excluding carboxylic acids is 1. The molecule has 0 N–H and O–H groups in total. The van der Waals surface area contributed by atoms with Crippen molar-refractivity contribution in [1.82, 2.24) is 9.80 Å². The topological polar surface area (TPSA) is 51.2 Å². The summed E-state index contributed by atoms with van der Waals surface area (Å²) in [5.41, 5.74) is 3.63. The summed E-state index contributed by atoms with van der Waals surface area (Å²) < 4.78 is 17.5. The summed E-state index contributed by atoms with van der Waals surface area (Å²) in [5, 5.41) is 0. The van der Waals surface area contributed by atoms with E-state index in [1.54, 1.807) is 7.11 Å². The van der Waals surface area contributed by atoms with Crippen LogP contribution in [0.1, 0.15) is 67.6 Å². The molecule has 3 fully saturated rings. The van der Waals surface area contributed by atoms with Crippen molar-refractivity contribution in [3.8, 4) is 5.75 Å². The molecule has 3 aliphatic rings. The van der Waals surface area contributed by atoms with Gasteiger partial charge in [-0.2, -0.15) is 0 Å². The Kier molecular flexibility index (Phi) is 11.8. The maximum absolute atomic E-state index is 14.0. The van der Waals surface area contributed by atoms with Crippen molar-refractivity contribution in [3.63, 3.8) is 0 Å². The van der Waals surface area contributed by atoms with Crippen molar-refractivity contribution < 1.29 is 19.0 Å². The van der Waals surface area contributed by atoms with E-state index in [9.17, 15) is 4.79 Å². The van der Waals surface area contributed by atoms with Crippen LogP contribution in [0.4, 0.5) is 0 Å². The minimum absolute atomic E-state index is 0.0495. The first-order valence-electron chi connectivity index (χ1n) is 17.6. The third kappa shape index (κ3) is 8.78. The van der Waals surface area contributed by atoms with Gasteiger partial charge in [0.2, 0.25) is 0 Å². The number of piperidine rings is 1. The lowest BCUT2D eigenvalue weighted by atomic mass is 9.83. The Morgan fingerprint density at radius 2 is 1.46 bits per heavy atom. The molecule has 2 saturated heterocycles. The molecule has 2 aliphatic heterocycles. The molecule has 3 aromatic rings. The van der Waals surface area contributed by atoms with Gasteiger partial charge in [-0.15, -0.1) is 0 Å². The summed E-state index contributed by atoms with van der Waals surface area (Å²) in [5.74, 6) is 2.64. The van der Waals surface area contributed by atoms with Gasteiger partial charge in [-0.1, -0.05) is 92.1 Å². The molecule has 0 amide bonds. The monoisotopic (exact) mass is 624 g/mol. The average molecular weight is 625 g/mol. The van der Waals surface area contributed by atoms with E-state index in [1.165, 1.54) is 43.2 Å². The van der Waals surface area contributed by atoms with Gasteiger partial charge in [0.1, 0.15) is 18.4 Å². The first kappa shape index (κ1) is 32.7. The molecule has 6 nitrogen and oxygen atoms in total. The molecule has 246 valence electrons. The van der Waals surface area contributed by atoms with E-state index in [1.807, 2.05) is 24.3 Å². The smallest absolute Gasteiger partial charge is 0.323 e. The van der Waals surface area contributed by atoms with Crippen LogP contribution in [-0.2, 0) is 27.5 Å². The Bertz CT molecular complexity index is 1320. The second-order valence-electron chi connectivity index (χ2n) is 13.8. The summed E-state index contributed by atoms with van der Waals surface area (Å²) >= 11 is 0. The Labute approximate surface area is 276 Å². The van der Waals surface area contributed by atoms with E-state index in [2.05, 4.69) is 70.5 Å². The Morgan fingerprint density at radius 3 is 2.15 bits per heavy atom. The van der Waals surface area contributed by atoms with Gasteiger partial charge in [-0.3, -0.25) is 9.69 Å². The zero-order valence-electron chi connectivity index (χ0n) is 27.6. The van der Waals surface area contributed by atoms with Crippen molar-refractivity contribution in [2.75, 3.05) is 46.4 Å². The van der Waals surface area contributed by atoms with Crippen molar-refractivity contribution in [1.29, 1.82) is 0 Å². The Morgan fingerprint density at radius 1 is 0.783 bits per heavy atom. The van der Waals surface area contributed by atoms with Gasteiger partial charge in [0.25, 0.3) is 0 Å². The van der Waals surface area contributed by atoms with Crippen molar-refractivity contribution in [2.45, 2.75) is 70.1 Å². The van der Waals surface area contributed by atoms with E-state index in [4.69, 9.17) is 14.2 Å². The number of carbonyl (C=O) groups is 1. The van der Waals surface area contributed by atoms with E-state index >= 15 is 0 Å². The number of esters is 1. The minimum atomic E-state index is -0.178. The number of hydrogen-bond donors (Lipinski definition) is 0. The summed E-state index contributed by atoms with van der Waals surface area (Å²) in [7, 11) is 1.67. The van der Waals surface area contributed by atoms with Crippen molar-refractivity contribution in [3.05, 3.63) is 102 Å². The van der Waals surface area contributed by atoms with E-state index in [-0.39, 0.29) is 12.0 Å². The summed E-state index contributed by atoms with van der Waals surface area (Å²) in [6, 6.07) is 29.1. The number of nitrogens with zero attached hydrogens (tertiary/aromatic N) is 2. The SMILES string of the molecule is COc1ccc(COC(=O)C(C2CCCCC2)N2CC(CN3CCC(COCc4ccccc4)CC3)C(c3ccccc3)C2)cc1. The van der Waals surface area contributed by atoms with Crippen LogP contribution in [0.5, 0.6) is 5.75 Å². The molecule has 3 unspecified atom stereocenters. The lowest BCUT2D eigenvalue weighted by molar-refractivity contribution is -0.154. The lowest BCUT2D eigenvalue weighted by Crippen LogP contribution is -2.47. The largest absolute Gasteiger partial charge is 0.497 e. The first-order chi connectivity index (χ1) is 22.7. The molecule has 1 aliphatic carbocycles. The highest BCUT2D eigenvalue weighted by atomic mass is 16.5. The highest BCUT2D eigenvalue weighted by Gasteiger charge is 2.44. The standard InChI is InChI=1S/C40H52N2O4/c1-44-37-19-17-32(18-20-37)30-46-40(43)39(35-15-9-4-10-16-35)42-26-36(38(27-42)34-13-7-3-8-14-34)25-41-23-21-33(22-24-41)29-45-28-31-11-5-2-6-12-31/h2-3,5-8,11-14,17-20,33,35-36,38-39H,4,9-10,15-16,21-30H2,1H3. The lowest BCUT2D eigenvalue weighted by Gasteiger charge is -2.36. The maximum atomic E-state index is 14.0. The summed E-state index contributed by atoms with van der Waals surface area (Å²) in [6.07, 6.45) is 8.27. The number of hydrogen-bond acceptors (Lipinski definition) is 6. The van der Waals surface area contributed by atoms with Crippen LogP contribution in [0, 0.1) is 17.8 Å². The molecular weight excluding hydrogens is 572 g/mol. The summed E-state index contributed by atoms with van der Waals surface area (Å²) in [4.78, 5) is 19.2. The van der Waals surface area contributed by atoms with Crippen LogP contribution in [0.15, 0.2) is 84.9 Å². The first-order valence-corrected chi connectivity index (χ1v) is 17.6. The van der Waals surface area contributed by atoms with Crippen molar-refractivity contribution >= 4 is 5.97 Å². The fourth-order valence-corrected chi connectivity index (χ4v) is 8.03. The van der Waals surface area contributed by atoms with Gasteiger partial charge in [-0.25, -0.2) is 0 Å². The molecule has 0 aromatic heterocycles. The Balaban J connectivity index is 1.09. The van der Waals surface area contributed by atoms with E-state index < -0.39 is 0 Å². The third-order valence-electron chi connectivity index (χ3n) is 10.6. The van der Waals surface area contributed by atoms with E-state index in [0.717, 1.165) is 63.5 Å². The van der Waals surface area contributed by atoms with Gasteiger partial charge >= 0.3 is 5.97 Å². The summed E-state index contributed by atoms with van der Waals surface area (Å²) in [6.45, 7) is 7.01. The molecule has 3 atom stereocenters. The fraction of sp³-hybridized carbons (Fsp3) is 0.525. The minimum Gasteiger partial charge on any atom is -0.497 e. The maximum Gasteiger partial charge on any atom is 0.323 e. The number of ether oxygens (including phenoxy) is 3. The number of likely N-dealkylation sites (tertiary alicyclic amines) is 2. The molecule has 6 heteroatoms. The molecule has 0 spiro atoms. The van der Waals surface area contributed by atoms with E-state index in [0.29, 0.717) is 36.9 Å². The number of benzene rings is 3.